The lowest BCUT2D eigenvalue weighted by Gasteiger charge is -2.14. The van der Waals surface area contributed by atoms with Crippen LogP contribution in [-0.2, 0) is 19.1 Å². The lowest BCUT2D eigenvalue weighted by Crippen LogP contribution is -2.47. The molecule has 1 rings (SSSR count). The zero-order chi connectivity index (χ0) is 17.6. The van der Waals surface area contributed by atoms with Crippen LogP contribution in [0.4, 0.5) is 0 Å². The summed E-state index contributed by atoms with van der Waals surface area (Å²) in [4.78, 5) is 33.5. The molecule has 0 aromatic carbocycles. The second-order valence-corrected chi connectivity index (χ2v) is 6.46. The van der Waals surface area contributed by atoms with Gasteiger partial charge in [-0.25, -0.2) is 0 Å². The summed E-state index contributed by atoms with van der Waals surface area (Å²) in [5, 5.41) is 14.0. The van der Waals surface area contributed by atoms with Crippen LogP contribution in [0.25, 0.3) is 0 Å². The van der Waals surface area contributed by atoms with Crippen LogP contribution >= 0.6 is 0 Å². The van der Waals surface area contributed by atoms with Crippen LogP contribution in [0.3, 0.4) is 0 Å². The summed E-state index contributed by atoms with van der Waals surface area (Å²) in [6.07, 6.45) is 0.741. The maximum atomic E-state index is 11.8. The van der Waals surface area contributed by atoms with Gasteiger partial charge in [0.15, 0.2) is 0 Å². The quantitative estimate of drug-likeness (QED) is 0.388. The van der Waals surface area contributed by atoms with E-state index in [9.17, 15) is 14.4 Å². The molecule has 0 bridgehead atoms. The van der Waals surface area contributed by atoms with Crippen molar-refractivity contribution in [1.29, 1.82) is 0 Å². The SMILES string of the molecule is CC(C)C[C@H](C)C1OC1NCC(=O)N[C@@H](CCC(=O)O)C(N)=O. The molecule has 1 saturated heterocycles. The summed E-state index contributed by atoms with van der Waals surface area (Å²) in [6.45, 7) is 6.40. The molecule has 132 valence electrons. The summed E-state index contributed by atoms with van der Waals surface area (Å²) in [5.74, 6) is -1.21. The summed E-state index contributed by atoms with van der Waals surface area (Å²) in [6, 6.07) is -0.976. The van der Waals surface area contributed by atoms with E-state index in [1.165, 1.54) is 0 Å². The Labute approximate surface area is 136 Å². The molecule has 1 fully saturated rings. The Hall–Kier alpha value is -1.67. The van der Waals surface area contributed by atoms with Crippen molar-refractivity contribution < 1.29 is 24.2 Å². The molecule has 0 saturated carbocycles. The molecule has 0 aromatic heterocycles. The van der Waals surface area contributed by atoms with E-state index in [4.69, 9.17) is 15.6 Å². The highest BCUT2D eigenvalue weighted by Crippen LogP contribution is 2.31. The molecule has 0 radical (unpaired) electrons. The number of nitrogens with one attached hydrogen (secondary N) is 2. The number of epoxide rings is 1. The number of carboxylic acids is 1. The van der Waals surface area contributed by atoms with Gasteiger partial charge in [0.1, 0.15) is 18.4 Å². The molecule has 1 heterocycles. The van der Waals surface area contributed by atoms with Gasteiger partial charge in [-0.2, -0.15) is 0 Å². The number of hydrogen-bond donors (Lipinski definition) is 4. The first-order valence-electron chi connectivity index (χ1n) is 7.90. The van der Waals surface area contributed by atoms with E-state index in [1.54, 1.807) is 0 Å². The van der Waals surface area contributed by atoms with Crippen LogP contribution in [0.5, 0.6) is 0 Å². The zero-order valence-electron chi connectivity index (χ0n) is 13.9. The number of amides is 2. The molecule has 23 heavy (non-hydrogen) atoms. The smallest absolute Gasteiger partial charge is 0.303 e. The summed E-state index contributed by atoms with van der Waals surface area (Å²) < 4.78 is 5.50. The molecular formula is C15H27N3O5. The fourth-order valence-corrected chi connectivity index (χ4v) is 2.59. The highest BCUT2D eigenvalue weighted by Gasteiger charge is 2.42. The Kier molecular flexibility index (Phi) is 7.44. The molecule has 0 aliphatic carbocycles. The van der Waals surface area contributed by atoms with E-state index >= 15 is 0 Å². The number of ether oxygens (including phenoxy) is 1. The monoisotopic (exact) mass is 329 g/mol. The summed E-state index contributed by atoms with van der Waals surface area (Å²) in [7, 11) is 0. The van der Waals surface area contributed by atoms with E-state index in [0.717, 1.165) is 6.42 Å². The Morgan fingerprint density at radius 3 is 2.43 bits per heavy atom. The van der Waals surface area contributed by atoms with Gasteiger partial charge in [-0.15, -0.1) is 0 Å². The minimum absolute atomic E-state index is 0.00752. The molecular weight excluding hydrogens is 302 g/mol. The van der Waals surface area contributed by atoms with Gasteiger partial charge in [0.05, 0.1) is 6.54 Å². The van der Waals surface area contributed by atoms with Gasteiger partial charge in [-0.05, 0) is 24.7 Å². The van der Waals surface area contributed by atoms with E-state index in [1.807, 2.05) is 0 Å². The third kappa shape index (κ3) is 7.43. The lowest BCUT2D eigenvalue weighted by molar-refractivity contribution is -0.137. The van der Waals surface area contributed by atoms with E-state index in [-0.39, 0.29) is 31.7 Å². The largest absolute Gasteiger partial charge is 0.481 e. The predicted octanol–water partition coefficient (Wildman–Crippen LogP) is -0.182. The van der Waals surface area contributed by atoms with Crippen molar-refractivity contribution in [3.63, 3.8) is 0 Å². The highest BCUT2D eigenvalue weighted by molar-refractivity contribution is 5.87. The van der Waals surface area contributed by atoms with Gasteiger partial charge >= 0.3 is 5.97 Å². The third-order valence-electron chi connectivity index (χ3n) is 3.72. The van der Waals surface area contributed by atoms with Crippen molar-refractivity contribution in [3.05, 3.63) is 0 Å². The first-order chi connectivity index (χ1) is 10.7. The molecule has 4 atom stereocenters. The number of aliphatic carboxylic acids is 1. The van der Waals surface area contributed by atoms with Crippen LogP contribution in [0.1, 0.15) is 40.0 Å². The normalized spacial score (nSPS) is 22.4. The number of hydrogen-bond acceptors (Lipinski definition) is 5. The molecule has 0 aromatic rings. The Balaban J connectivity index is 2.28. The molecule has 1 aliphatic heterocycles. The predicted molar refractivity (Wildman–Crippen MR) is 83.3 cm³/mol. The Morgan fingerprint density at radius 1 is 1.26 bits per heavy atom. The number of carboxylic acid groups (broad SMARTS) is 1. The first-order valence-corrected chi connectivity index (χ1v) is 7.90. The van der Waals surface area contributed by atoms with Crippen LogP contribution in [0.2, 0.25) is 0 Å². The maximum absolute atomic E-state index is 11.8. The van der Waals surface area contributed by atoms with Crippen LogP contribution in [0.15, 0.2) is 0 Å². The van der Waals surface area contributed by atoms with Crippen LogP contribution in [0, 0.1) is 11.8 Å². The summed E-state index contributed by atoms with van der Waals surface area (Å²) >= 11 is 0. The Bertz CT molecular complexity index is 441. The molecule has 1 aliphatic rings. The number of primary amides is 1. The van der Waals surface area contributed by atoms with Crippen molar-refractivity contribution >= 4 is 17.8 Å². The van der Waals surface area contributed by atoms with Gasteiger partial charge in [0, 0.05) is 6.42 Å². The minimum atomic E-state index is -1.04. The van der Waals surface area contributed by atoms with Crippen molar-refractivity contribution in [2.45, 2.75) is 58.4 Å². The topological polar surface area (TPSA) is 134 Å². The number of rotatable bonds is 11. The first kappa shape index (κ1) is 19.4. The minimum Gasteiger partial charge on any atom is -0.481 e. The average Bonchev–Trinajstić information content (AvgIpc) is 3.19. The number of carbonyl (C=O) groups is 3. The second kappa shape index (κ2) is 8.83. The lowest BCUT2D eigenvalue weighted by atomic mass is 9.96. The van der Waals surface area contributed by atoms with E-state index in [0.29, 0.717) is 11.8 Å². The maximum Gasteiger partial charge on any atom is 0.303 e. The van der Waals surface area contributed by atoms with Crippen LogP contribution < -0.4 is 16.4 Å². The van der Waals surface area contributed by atoms with Crippen LogP contribution in [-0.4, -0.2) is 47.8 Å². The van der Waals surface area contributed by atoms with Gasteiger partial charge < -0.3 is 20.9 Å². The molecule has 8 nitrogen and oxygen atoms in total. The van der Waals surface area contributed by atoms with E-state index < -0.39 is 23.8 Å². The molecule has 5 N–H and O–H groups in total. The zero-order valence-corrected chi connectivity index (χ0v) is 13.9. The fraction of sp³-hybridized carbons (Fsp3) is 0.800. The van der Waals surface area contributed by atoms with Gasteiger partial charge in [-0.1, -0.05) is 20.8 Å². The van der Waals surface area contributed by atoms with Crippen molar-refractivity contribution in [2.24, 2.45) is 17.6 Å². The second-order valence-electron chi connectivity index (χ2n) is 6.46. The fourth-order valence-electron chi connectivity index (χ4n) is 2.59. The molecule has 0 spiro atoms. The molecule has 2 unspecified atom stereocenters. The third-order valence-corrected chi connectivity index (χ3v) is 3.72. The van der Waals surface area contributed by atoms with Crippen molar-refractivity contribution in [1.82, 2.24) is 10.6 Å². The summed E-state index contributed by atoms with van der Waals surface area (Å²) in [5.41, 5.74) is 5.16. The van der Waals surface area contributed by atoms with Gasteiger partial charge in [0.2, 0.25) is 11.8 Å². The van der Waals surface area contributed by atoms with E-state index in [2.05, 4.69) is 31.4 Å². The van der Waals surface area contributed by atoms with Crippen molar-refractivity contribution in [3.8, 4) is 0 Å². The molecule has 8 heteroatoms. The highest BCUT2D eigenvalue weighted by atomic mass is 16.6. The van der Waals surface area contributed by atoms with Gasteiger partial charge in [0.25, 0.3) is 0 Å². The number of nitrogens with two attached hydrogens (primary N) is 1. The van der Waals surface area contributed by atoms with Crippen molar-refractivity contribution in [2.75, 3.05) is 6.54 Å². The van der Waals surface area contributed by atoms with Gasteiger partial charge in [-0.3, -0.25) is 19.7 Å². The standard InChI is InChI=1S/C15H27N3O5/c1-8(2)6-9(3)13-15(23-13)17-7-11(19)18-10(14(16)22)4-5-12(20)21/h8-10,13,15,17H,4-7H2,1-3H3,(H2,16,22)(H,18,19)(H,20,21)/t9-,10-,13?,15?/m0/s1. The average molecular weight is 329 g/mol. The number of carbonyl (C=O) groups excluding carboxylic acids is 2. The Morgan fingerprint density at radius 2 is 1.91 bits per heavy atom. The molecule has 2 amide bonds.